The number of rotatable bonds is 6. The highest BCUT2D eigenvalue weighted by Gasteiger charge is 2.56. The number of amides is 1. The Hall–Kier alpha value is -2.61. The molecule has 1 amide bonds. The van der Waals surface area contributed by atoms with Gasteiger partial charge in [-0.3, -0.25) is 25.1 Å². The summed E-state index contributed by atoms with van der Waals surface area (Å²) in [5.74, 6) is 0.264. The van der Waals surface area contributed by atoms with Crippen molar-refractivity contribution in [1.82, 2.24) is 25.3 Å². The predicted molar refractivity (Wildman–Crippen MR) is 155 cm³/mol. The van der Waals surface area contributed by atoms with Crippen molar-refractivity contribution < 1.29 is 14.3 Å². The lowest BCUT2D eigenvalue weighted by atomic mass is 9.64. The molecule has 1 saturated carbocycles. The minimum absolute atomic E-state index is 0.0805. The Morgan fingerprint density at radius 2 is 2.02 bits per heavy atom. The van der Waals surface area contributed by atoms with Gasteiger partial charge in [-0.1, -0.05) is 30.3 Å². The number of hydrogen-bond donors (Lipinski definition) is 2. The van der Waals surface area contributed by atoms with Crippen LogP contribution < -0.4 is 10.6 Å². The summed E-state index contributed by atoms with van der Waals surface area (Å²) in [5.41, 5.74) is 3.52. The second-order valence-electron chi connectivity index (χ2n) is 13.0. The van der Waals surface area contributed by atoms with Crippen molar-refractivity contribution >= 4 is 11.7 Å². The van der Waals surface area contributed by atoms with Gasteiger partial charge in [-0.05, 0) is 76.2 Å². The Kier molecular flexibility index (Phi) is 8.05. The quantitative estimate of drug-likeness (QED) is 0.510. The van der Waals surface area contributed by atoms with E-state index in [1.165, 1.54) is 29.2 Å². The molecule has 9 nitrogen and oxygen atoms in total. The number of ketones is 1. The van der Waals surface area contributed by atoms with Crippen molar-refractivity contribution in [2.24, 2.45) is 11.3 Å². The fourth-order valence-corrected chi connectivity index (χ4v) is 8.21. The number of aryl methyl sites for hydroxylation is 1. The van der Waals surface area contributed by atoms with E-state index < -0.39 is 6.35 Å². The van der Waals surface area contributed by atoms with E-state index in [-0.39, 0.29) is 41.9 Å². The summed E-state index contributed by atoms with van der Waals surface area (Å²) in [5, 5.41) is 16.9. The largest absolute Gasteiger partial charge is 0.348 e. The highest BCUT2D eigenvalue weighted by molar-refractivity contribution is 5.92. The van der Waals surface area contributed by atoms with Crippen molar-refractivity contribution in [3.63, 3.8) is 0 Å². The molecule has 1 aromatic carbocycles. The molecule has 3 aliphatic heterocycles. The van der Waals surface area contributed by atoms with Crippen molar-refractivity contribution in [2.45, 2.75) is 82.5 Å². The second-order valence-corrected chi connectivity index (χ2v) is 13.0. The molecule has 220 valence electrons. The number of nitrogens with zero attached hydrogens (tertiary/aromatic N) is 4. The number of Topliss-reactive ketones (excluding diaryl/α,β-unsaturated/α-hetero) is 1. The van der Waals surface area contributed by atoms with Crippen molar-refractivity contribution in [1.29, 1.82) is 5.26 Å². The lowest BCUT2D eigenvalue weighted by Gasteiger charge is -2.54. The lowest BCUT2D eigenvalue weighted by molar-refractivity contribution is -0.152. The van der Waals surface area contributed by atoms with Crippen LogP contribution in [0.3, 0.4) is 0 Å². The van der Waals surface area contributed by atoms with Crippen molar-refractivity contribution in [2.75, 3.05) is 39.8 Å². The zero-order valence-electron chi connectivity index (χ0n) is 24.5. The first kappa shape index (κ1) is 28.5. The summed E-state index contributed by atoms with van der Waals surface area (Å²) in [6.45, 7) is 9.25. The van der Waals surface area contributed by atoms with Crippen molar-refractivity contribution in [3.05, 3.63) is 47.5 Å². The third-order valence-corrected chi connectivity index (χ3v) is 10.5. The van der Waals surface area contributed by atoms with Crippen LogP contribution in [0.5, 0.6) is 0 Å². The van der Waals surface area contributed by atoms with Gasteiger partial charge in [0.25, 0.3) is 0 Å². The summed E-state index contributed by atoms with van der Waals surface area (Å²) in [6.07, 6.45) is 6.81. The SMILES string of the molecule is C=CC(=O)N1CCN(C2NC(OCC3CCCN3C)NC3C(=O)[C@@]4(CCC32)Cc2ccc(C)cc2C4)CC1CC#N. The Balaban J connectivity index is 1.24. The number of carbonyl (C=O) groups excluding carboxylic acids is 2. The van der Waals surface area contributed by atoms with Crippen LogP contribution in [0.2, 0.25) is 0 Å². The molecule has 6 unspecified atom stereocenters. The molecule has 3 saturated heterocycles. The molecule has 1 aromatic rings. The molecular weight excluding hydrogens is 516 g/mol. The smallest absolute Gasteiger partial charge is 0.246 e. The molecule has 2 aliphatic carbocycles. The van der Waals surface area contributed by atoms with Crippen LogP contribution in [0.4, 0.5) is 0 Å². The van der Waals surface area contributed by atoms with Gasteiger partial charge in [0.15, 0.2) is 12.1 Å². The summed E-state index contributed by atoms with van der Waals surface area (Å²) in [4.78, 5) is 33.5. The maximum atomic E-state index is 14.5. The molecule has 4 fully saturated rings. The Bertz CT molecular complexity index is 1230. The maximum absolute atomic E-state index is 14.5. The predicted octanol–water partition coefficient (Wildman–Crippen LogP) is 1.95. The number of benzene rings is 1. The number of nitriles is 1. The molecule has 0 aromatic heterocycles. The average Bonchev–Trinajstić information content (AvgIpc) is 3.56. The Morgan fingerprint density at radius 3 is 2.78 bits per heavy atom. The number of nitrogens with one attached hydrogen (secondary N) is 2. The molecule has 41 heavy (non-hydrogen) atoms. The number of carbonyl (C=O) groups is 2. The van der Waals surface area contributed by atoms with E-state index in [0.29, 0.717) is 38.1 Å². The van der Waals surface area contributed by atoms with E-state index >= 15 is 0 Å². The number of fused-ring (bicyclic) bond motifs is 2. The van der Waals surface area contributed by atoms with Gasteiger partial charge in [0.2, 0.25) is 5.91 Å². The fourth-order valence-electron chi connectivity index (χ4n) is 8.21. The molecule has 3 heterocycles. The van der Waals surface area contributed by atoms with E-state index in [9.17, 15) is 14.9 Å². The number of hydrogen-bond acceptors (Lipinski definition) is 8. The molecule has 1 spiro atoms. The minimum atomic E-state index is -0.442. The minimum Gasteiger partial charge on any atom is -0.348 e. The van der Waals surface area contributed by atoms with Crippen LogP contribution in [0.1, 0.15) is 48.8 Å². The van der Waals surface area contributed by atoms with E-state index in [1.807, 2.05) is 0 Å². The first-order valence-corrected chi connectivity index (χ1v) is 15.3. The summed E-state index contributed by atoms with van der Waals surface area (Å²) < 4.78 is 6.46. The van der Waals surface area contributed by atoms with Crippen LogP contribution >= 0.6 is 0 Å². The maximum Gasteiger partial charge on any atom is 0.246 e. The zero-order valence-corrected chi connectivity index (χ0v) is 24.5. The molecule has 0 bridgehead atoms. The van der Waals surface area contributed by atoms with E-state index in [2.05, 4.69) is 65.3 Å². The van der Waals surface area contributed by atoms with Gasteiger partial charge in [0.05, 0.1) is 37.3 Å². The van der Waals surface area contributed by atoms with Gasteiger partial charge in [-0.15, -0.1) is 0 Å². The second kappa shape index (κ2) is 11.6. The number of piperazine rings is 1. The molecule has 9 heteroatoms. The molecule has 2 N–H and O–H groups in total. The number of ether oxygens (including phenoxy) is 1. The Morgan fingerprint density at radius 1 is 1.20 bits per heavy atom. The van der Waals surface area contributed by atoms with Gasteiger partial charge in [-0.2, -0.15) is 5.26 Å². The van der Waals surface area contributed by atoms with Crippen LogP contribution in [0.15, 0.2) is 30.9 Å². The first-order valence-electron chi connectivity index (χ1n) is 15.3. The highest BCUT2D eigenvalue weighted by atomic mass is 16.5. The molecule has 0 radical (unpaired) electrons. The molecular formula is C32H44N6O3. The van der Waals surface area contributed by atoms with Gasteiger partial charge < -0.3 is 14.5 Å². The van der Waals surface area contributed by atoms with E-state index in [4.69, 9.17) is 4.74 Å². The zero-order chi connectivity index (χ0) is 28.7. The van der Waals surface area contributed by atoms with Crippen LogP contribution in [0.25, 0.3) is 0 Å². The molecule has 5 aliphatic rings. The topological polar surface area (TPSA) is 101 Å². The lowest BCUT2D eigenvalue weighted by Crippen LogP contribution is -2.74. The summed E-state index contributed by atoms with van der Waals surface area (Å²) >= 11 is 0. The van der Waals surface area contributed by atoms with Gasteiger partial charge in [-0.25, -0.2) is 0 Å². The fraction of sp³-hybridized carbons (Fsp3) is 0.656. The van der Waals surface area contributed by atoms with E-state index in [0.717, 1.165) is 38.6 Å². The normalized spacial score (nSPS) is 35.7. The van der Waals surface area contributed by atoms with Gasteiger partial charge in [0.1, 0.15) is 0 Å². The third kappa shape index (κ3) is 5.37. The summed E-state index contributed by atoms with van der Waals surface area (Å²) in [7, 11) is 2.15. The number of likely N-dealkylation sites (N-methyl/N-ethyl adjacent to an activating group) is 1. The first-order chi connectivity index (χ1) is 19.8. The summed E-state index contributed by atoms with van der Waals surface area (Å²) in [6, 6.07) is 8.76. The van der Waals surface area contributed by atoms with Crippen LogP contribution in [-0.4, -0.2) is 96.9 Å². The third-order valence-electron chi connectivity index (χ3n) is 10.5. The van der Waals surface area contributed by atoms with Gasteiger partial charge >= 0.3 is 0 Å². The monoisotopic (exact) mass is 560 g/mol. The van der Waals surface area contributed by atoms with Crippen LogP contribution in [0, 0.1) is 29.6 Å². The van der Waals surface area contributed by atoms with Crippen molar-refractivity contribution in [3.8, 4) is 6.07 Å². The van der Waals surface area contributed by atoms with Gasteiger partial charge in [0, 0.05) is 37.0 Å². The number of likely N-dealkylation sites (tertiary alicyclic amines) is 1. The van der Waals surface area contributed by atoms with Crippen LogP contribution in [-0.2, 0) is 27.2 Å². The average molecular weight is 561 g/mol. The molecule has 6 rings (SSSR count). The Labute approximate surface area is 243 Å². The standard InChI is InChI=1S/C32H44N6O3/c1-4-27(39)38-15-14-37(19-24(38)10-12-33)30-26-9-11-32(17-22-8-7-21(2)16-23(22)18-32)29(40)28(26)34-31(35-30)41-20-25-6-5-13-36(25)3/h4,7-8,16,24-26,28,30-31,34-35H,1,5-6,9-11,13-15,17-20H2,2-3H3/t24?,25?,26?,28?,30?,31?,32-/m0/s1. The van der Waals surface area contributed by atoms with E-state index in [1.54, 1.807) is 4.90 Å². The highest BCUT2D eigenvalue weighted by Crippen LogP contribution is 2.48. The molecule has 7 atom stereocenters.